The average molecular weight is 212 g/mol. The van der Waals surface area contributed by atoms with Gasteiger partial charge in [-0.25, -0.2) is 0 Å². The quantitative estimate of drug-likeness (QED) is 0.675. The summed E-state index contributed by atoms with van der Waals surface area (Å²) in [4.78, 5) is 0. The van der Waals surface area contributed by atoms with E-state index in [1.165, 1.54) is 29.2 Å². The number of rotatable bonds is 6. The second-order valence-electron chi connectivity index (χ2n) is 3.49. The van der Waals surface area contributed by atoms with Gasteiger partial charge in [0.2, 0.25) is 0 Å². The molecule has 0 unspecified atom stereocenters. The third kappa shape index (κ3) is 3.37. The van der Waals surface area contributed by atoms with Crippen molar-refractivity contribution in [2.24, 2.45) is 7.05 Å². The van der Waals surface area contributed by atoms with Crippen LogP contribution in [0.5, 0.6) is 0 Å². The summed E-state index contributed by atoms with van der Waals surface area (Å²) >= 11 is 2.03. The molecule has 0 radical (unpaired) electrons. The second-order valence-corrected chi connectivity index (χ2v) is 4.72. The van der Waals surface area contributed by atoms with Crippen LogP contribution >= 0.6 is 11.8 Å². The van der Waals surface area contributed by atoms with E-state index in [1.54, 1.807) is 0 Å². The third-order valence-corrected chi connectivity index (χ3v) is 3.39. The van der Waals surface area contributed by atoms with E-state index in [0.29, 0.717) is 0 Å². The van der Waals surface area contributed by atoms with E-state index in [4.69, 9.17) is 0 Å². The van der Waals surface area contributed by atoms with Crippen molar-refractivity contribution in [1.29, 1.82) is 0 Å². The molecule has 1 heterocycles. The Morgan fingerprint density at radius 2 is 2.14 bits per heavy atom. The van der Waals surface area contributed by atoms with E-state index in [9.17, 15) is 0 Å². The van der Waals surface area contributed by atoms with Crippen LogP contribution in [0, 0.1) is 0 Å². The Hall–Kier alpha value is -0.440. The third-order valence-electron chi connectivity index (χ3n) is 2.20. The Bertz CT molecular complexity index is 268. The summed E-state index contributed by atoms with van der Waals surface area (Å²) in [5.41, 5.74) is 2.70. The first-order valence-corrected chi connectivity index (χ1v) is 6.52. The Labute approximate surface area is 91.1 Å². The number of thioether (sulfide) groups is 1. The Kier molecular flexibility index (Phi) is 5.09. The summed E-state index contributed by atoms with van der Waals surface area (Å²) in [5, 5.41) is 4.48. The van der Waals surface area contributed by atoms with Crippen molar-refractivity contribution in [3.8, 4) is 0 Å². The molecule has 80 valence electrons. The van der Waals surface area contributed by atoms with Crippen molar-refractivity contribution in [2.45, 2.75) is 33.1 Å². The highest BCUT2D eigenvalue weighted by atomic mass is 32.2. The van der Waals surface area contributed by atoms with E-state index >= 15 is 0 Å². The first kappa shape index (κ1) is 11.6. The molecule has 0 spiro atoms. The van der Waals surface area contributed by atoms with Crippen LogP contribution in [0.1, 0.15) is 31.5 Å². The predicted octanol–water partition coefficient (Wildman–Crippen LogP) is 2.67. The molecule has 0 saturated carbocycles. The zero-order valence-corrected chi connectivity index (χ0v) is 10.2. The lowest BCUT2D eigenvalue weighted by atomic mass is 10.2. The molecule has 1 aromatic heterocycles. The van der Waals surface area contributed by atoms with E-state index in [1.807, 2.05) is 23.5 Å². The zero-order chi connectivity index (χ0) is 10.4. The van der Waals surface area contributed by atoms with Crippen molar-refractivity contribution in [3.05, 3.63) is 17.5 Å². The fourth-order valence-corrected chi connectivity index (χ4v) is 2.34. The van der Waals surface area contributed by atoms with Crippen molar-refractivity contribution in [2.75, 3.05) is 11.5 Å². The average Bonchev–Trinajstić information content (AvgIpc) is 2.54. The van der Waals surface area contributed by atoms with E-state index in [-0.39, 0.29) is 0 Å². The molecule has 0 saturated heterocycles. The minimum absolute atomic E-state index is 1.10. The lowest BCUT2D eigenvalue weighted by molar-refractivity contribution is 0.747. The fourth-order valence-electron chi connectivity index (χ4n) is 1.50. The molecule has 0 aliphatic carbocycles. The lowest BCUT2D eigenvalue weighted by Crippen LogP contribution is -1.95. The number of aromatic nitrogens is 2. The predicted molar refractivity (Wildman–Crippen MR) is 63.9 cm³/mol. The van der Waals surface area contributed by atoms with Gasteiger partial charge >= 0.3 is 0 Å². The maximum atomic E-state index is 4.48. The maximum Gasteiger partial charge on any atom is 0.0664 e. The molecule has 2 nitrogen and oxygen atoms in total. The van der Waals surface area contributed by atoms with E-state index < -0.39 is 0 Å². The van der Waals surface area contributed by atoms with E-state index in [0.717, 1.165) is 12.8 Å². The molecule has 0 amide bonds. The topological polar surface area (TPSA) is 17.8 Å². The first-order valence-electron chi connectivity index (χ1n) is 5.37. The molecule has 0 aromatic carbocycles. The van der Waals surface area contributed by atoms with Gasteiger partial charge in [-0.1, -0.05) is 13.8 Å². The molecule has 0 aliphatic rings. The molecule has 14 heavy (non-hydrogen) atoms. The van der Waals surface area contributed by atoms with Gasteiger partial charge in [-0.05, 0) is 29.9 Å². The van der Waals surface area contributed by atoms with Crippen LogP contribution in [-0.2, 0) is 19.9 Å². The van der Waals surface area contributed by atoms with Crippen LogP contribution in [-0.4, -0.2) is 21.3 Å². The highest BCUT2D eigenvalue weighted by Crippen LogP contribution is 2.11. The molecule has 0 atom stereocenters. The van der Waals surface area contributed by atoms with Gasteiger partial charge in [0.15, 0.2) is 0 Å². The standard InChI is InChI=1S/C11H20N2S/c1-4-7-14-8-6-11-10(5-2)9-13(3)12-11/h9H,4-8H2,1-3H3. The Morgan fingerprint density at radius 3 is 2.79 bits per heavy atom. The van der Waals surface area contributed by atoms with Crippen molar-refractivity contribution >= 4 is 11.8 Å². The first-order chi connectivity index (χ1) is 6.77. The van der Waals surface area contributed by atoms with Crippen molar-refractivity contribution < 1.29 is 0 Å². The molecule has 3 heteroatoms. The summed E-state index contributed by atoms with van der Waals surface area (Å²) < 4.78 is 1.93. The van der Waals surface area contributed by atoms with Gasteiger partial charge in [-0.15, -0.1) is 0 Å². The SMILES string of the molecule is CCCSCCc1nn(C)cc1CC. The van der Waals surface area contributed by atoms with Crippen LogP contribution in [0.4, 0.5) is 0 Å². The molecule has 1 aromatic rings. The van der Waals surface area contributed by atoms with Gasteiger partial charge in [-0.2, -0.15) is 16.9 Å². The minimum atomic E-state index is 1.10. The van der Waals surface area contributed by atoms with Gasteiger partial charge in [0.05, 0.1) is 5.69 Å². The normalized spacial score (nSPS) is 10.8. The maximum absolute atomic E-state index is 4.48. The van der Waals surface area contributed by atoms with Crippen LogP contribution in [0.15, 0.2) is 6.20 Å². The number of hydrogen-bond donors (Lipinski definition) is 0. The molecule has 0 fully saturated rings. The number of aryl methyl sites for hydroxylation is 3. The van der Waals surface area contributed by atoms with Crippen LogP contribution in [0.3, 0.4) is 0 Å². The Morgan fingerprint density at radius 1 is 1.36 bits per heavy atom. The minimum Gasteiger partial charge on any atom is -0.275 e. The lowest BCUT2D eigenvalue weighted by Gasteiger charge is -1.99. The monoisotopic (exact) mass is 212 g/mol. The molecular formula is C11H20N2S. The van der Waals surface area contributed by atoms with Gasteiger partial charge in [0.25, 0.3) is 0 Å². The highest BCUT2D eigenvalue weighted by molar-refractivity contribution is 7.99. The van der Waals surface area contributed by atoms with E-state index in [2.05, 4.69) is 25.1 Å². The molecule has 0 aliphatic heterocycles. The van der Waals surface area contributed by atoms with Gasteiger partial charge in [-0.3, -0.25) is 4.68 Å². The summed E-state index contributed by atoms with van der Waals surface area (Å²) in [6.45, 7) is 4.42. The van der Waals surface area contributed by atoms with Crippen LogP contribution < -0.4 is 0 Å². The fraction of sp³-hybridized carbons (Fsp3) is 0.727. The summed E-state index contributed by atoms with van der Waals surface area (Å²) in [7, 11) is 2.00. The number of hydrogen-bond acceptors (Lipinski definition) is 2. The summed E-state index contributed by atoms with van der Waals surface area (Å²) in [6.07, 6.45) is 5.63. The molecular weight excluding hydrogens is 192 g/mol. The summed E-state index contributed by atoms with van der Waals surface area (Å²) in [5.74, 6) is 2.48. The van der Waals surface area contributed by atoms with Gasteiger partial charge < -0.3 is 0 Å². The molecule has 0 bridgehead atoms. The van der Waals surface area contributed by atoms with Crippen molar-refractivity contribution in [3.63, 3.8) is 0 Å². The molecule has 0 N–H and O–H groups in total. The molecule has 1 rings (SSSR count). The highest BCUT2D eigenvalue weighted by Gasteiger charge is 2.04. The number of nitrogens with zero attached hydrogens (tertiary/aromatic N) is 2. The smallest absolute Gasteiger partial charge is 0.0664 e. The summed E-state index contributed by atoms with van der Waals surface area (Å²) in [6, 6.07) is 0. The largest absolute Gasteiger partial charge is 0.275 e. The Balaban J connectivity index is 2.41. The van der Waals surface area contributed by atoms with Gasteiger partial charge in [0, 0.05) is 19.7 Å². The van der Waals surface area contributed by atoms with Gasteiger partial charge in [0.1, 0.15) is 0 Å². The van der Waals surface area contributed by atoms with Crippen LogP contribution in [0.2, 0.25) is 0 Å². The van der Waals surface area contributed by atoms with Crippen LogP contribution in [0.25, 0.3) is 0 Å². The zero-order valence-electron chi connectivity index (χ0n) is 9.42. The van der Waals surface area contributed by atoms with Crippen molar-refractivity contribution in [1.82, 2.24) is 9.78 Å². The second kappa shape index (κ2) is 6.12.